The quantitative estimate of drug-likeness (QED) is 0.788. The van der Waals surface area contributed by atoms with E-state index >= 15 is 0 Å². The molecule has 0 aromatic carbocycles. The Morgan fingerprint density at radius 1 is 1.14 bits per heavy atom. The van der Waals surface area contributed by atoms with Crippen LogP contribution in [0, 0.1) is 0 Å². The number of carbonyl (C=O) groups excluding carboxylic acids is 2. The average Bonchev–Trinajstić information content (AvgIpc) is 3.41. The van der Waals surface area contributed by atoms with E-state index < -0.39 is 11.7 Å². The second kappa shape index (κ2) is 7.73. The van der Waals surface area contributed by atoms with Crippen molar-refractivity contribution in [1.29, 1.82) is 0 Å². The Hall–Kier alpha value is -2.09. The fraction of sp³-hybridized carbons (Fsp3) is 0.750. The summed E-state index contributed by atoms with van der Waals surface area (Å²) in [6.45, 7) is 8.83. The third-order valence-electron chi connectivity index (χ3n) is 6.42. The largest absolute Gasteiger partial charge is 0.352 e. The summed E-state index contributed by atoms with van der Waals surface area (Å²) in [6.07, 6.45) is 6.76. The fourth-order valence-electron chi connectivity index (χ4n) is 4.77. The topological polar surface area (TPSA) is 70.9 Å². The molecule has 4 heterocycles. The minimum Gasteiger partial charge on any atom is -0.352 e. The zero-order valence-electron chi connectivity index (χ0n) is 17.0. The lowest BCUT2D eigenvalue weighted by Gasteiger charge is -2.46. The molecular weight excluding hydrogens is 358 g/mol. The van der Waals surface area contributed by atoms with Crippen molar-refractivity contribution in [3.8, 4) is 0 Å². The molecule has 4 rings (SSSR count). The van der Waals surface area contributed by atoms with Crippen LogP contribution in [-0.4, -0.2) is 81.6 Å². The van der Waals surface area contributed by atoms with Crippen LogP contribution in [0.3, 0.4) is 0 Å². The van der Waals surface area contributed by atoms with E-state index in [1.54, 1.807) is 6.20 Å². The number of nitrogens with zero attached hydrogens (tertiary/aromatic N) is 5. The Labute approximate surface area is 166 Å². The Morgan fingerprint density at radius 2 is 1.79 bits per heavy atom. The normalized spacial score (nSPS) is 23.7. The van der Waals surface area contributed by atoms with Gasteiger partial charge in [0.15, 0.2) is 6.10 Å². The van der Waals surface area contributed by atoms with Gasteiger partial charge >= 0.3 is 6.03 Å². The lowest BCUT2D eigenvalue weighted by Crippen LogP contribution is -2.56. The van der Waals surface area contributed by atoms with Gasteiger partial charge in [0.25, 0.3) is 5.91 Å². The van der Waals surface area contributed by atoms with Crippen LogP contribution >= 0.6 is 0 Å². The van der Waals surface area contributed by atoms with Crippen LogP contribution in [0.2, 0.25) is 0 Å². The van der Waals surface area contributed by atoms with Gasteiger partial charge in [-0.15, -0.1) is 0 Å². The number of carbonyl (C=O) groups is 2. The number of piperidine rings is 1. The maximum atomic E-state index is 13.0. The first kappa shape index (κ1) is 19.2. The van der Waals surface area contributed by atoms with Crippen molar-refractivity contribution in [2.24, 2.45) is 0 Å². The minimum absolute atomic E-state index is 0.0410. The van der Waals surface area contributed by atoms with Gasteiger partial charge in [-0.3, -0.25) is 4.79 Å². The fourth-order valence-corrected chi connectivity index (χ4v) is 4.77. The summed E-state index contributed by atoms with van der Waals surface area (Å²) in [5.74, 6) is 0.934. The maximum Gasteiger partial charge on any atom is 0.320 e. The number of likely N-dealkylation sites (N-methyl/N-ethyl adjacent to an activating group) is 1. The molecule has 0 saturated carbocycles. The predicted octanol–water partition coefficient (Wildman–Crippen LogP) is 1.66. The van der Waals surface area contributed by atoms with Crippen LogP contribution in [0.15, 0.2) is 12.4 Å². The van der Waals surface area contributed by atoms with Crippen LogP contribution in [0.25, 0.3) is 0 Å². The van der Waals surface area contributed by atoms with Gasteiger partial charge in [-0.25, -0.2) is 9.78 Å². The molecule has 1 atom stereocenters. The van der Waals surface area contributed by atoms with Crippen molar-refractivity contribution in [2.45, 2.75) is 57.8 Å². The van der Waals surface area contributed by atoms with Crippen LogP contribution in [0.1, 0.15) is 45.4 Å². The Kier molecular flexibility index (Phi) is 5.31. The smallest absolute Gasteiger partial charge is 0.320 e. The van der Waals surface area contributed by atoms with Crippen LogP contribution in [-0.2, 0) is 21.7 Å². The number of amides is 3. The van der Waals surface area contributed by atoms with E-state index in [4.69, 9.17) is 4.74 Å². The first-order valence-electron chi connectivity index (χ1n) is 10.6. The number of rotatable bonds is 3. The van der Waals surface area contributed by atoms with Crippen LogP contribution < -0.4 is 0 Å². The lowest BCUT2D eigenvalue weighted by molar-refractivity contribution is -0.179. The summed E-state index contributed by atoms with van der Waals surface area (Å²) < 4.78 is 8.54. The number of urea groups is 1. The summed E-state index contributed by atoms with van der Waals surface area (Å²) in [4.78, 5) is 36.0. The molecular formula is C20H31N5O3. The van der Waals surface area contributed by atoms with E-state index in [0.717, 1.165) is 31.8 Å². The van der Waals surface area contributed by atoms with Gasteiger partial charge in [-0.05, 0) is 26.7 Å². The number of ether oxygens (including phenoxy) is 1. The first-order valence-corrected chi connectivity index (χ1v) is 10.6. The van der Waals surface area contributed by atoms with E-state index in [0.29, 0.717) is 45.6 Å². The molecule has 2 fully saturated rings. The van der Waals surface area contributed by atoms with Crippen molar-refractivity contribution < 1.29 is 14.3 Å². The SMILES string of the molecule is CCN(CC)C(=O)[C@H]1Cn2ccnc2C2(CCN(C(=O)N3CCCC3)CC2)O1. The highest BCUT2D eigenvalue weighted by Crippen LogP contribution is 2.40. The van der Waals surface area contributed by atoms with E-state index in [1.165, 1.54) is 0 Å². The highest BCUT2D eigenvalue weighted by molar-refractivity contribution is 5.81. The third-order valence-corrected chi connectivity index (χ3v) is 6.42. The van der Waals surface area contributed by atoms with E-state index in [9.17, 15) is 9.59 Å². The van der Waals surface area contributed by atoms with E-state index in [1.807, 2.05) is 34.7 Å². The van der Waals surface area contributed by atoms with E-state index in [-0.39, 0.29) is 11.9 Å². The molecule has 0 bridgehead atoms. The molecule has 1 aromatic rings. The predicted molar refractivity (Wildman–Crippen MR) is 104 cm³/mol. The number of imidazole rings is 1. The zero-order chi connectivity index (χ0) is 19.7. The average molecular weight is 390 g/mol. The molecule has 28 heavy (non-hydrogen) atoms. The molecule has 154 valence electrons. The van der Waals surface area contributed by atoms with Crippen molar-refractivity contribution in [1.82, 2.24) is 24.3 Å². The van der Waals surface area contributed by atoms with Gasteiger partial charge < -0.3 is 24.0 Å². The number of hydrogen-bond acceptors (Lipinski definition) is 4. The van der Waals surface area contributed by atoms with Crippen molar-refractivity contribution >= 4 is 11.9 Å². The van der Waals surface area contributed by atoms with Crippen molar-refractivity contribution in [2.75, 3.05) is 39.3 Å². The number of fused-ring (bicyclic) bond motifs is 2. The molecule has 1 aromatic heterocycles. The van der Waals surface area contributed by atoms with Crippen LogP contribution in [0.5, 0.6) is 0 Å². The number of hydrogen-bond donors (Lipinski definition) is 0. The van der Waals surface area contributed by atoms with Crippen molar-refractivity contribution in [3.63, 3.8) is 0 Å². The molecule has 8 heteroatoms. The number of likely N-dealkylation sites (tertiary alicyclic amines) is 2. The van der Waals surface area contributed by atoms with Gasteiger partial charge in [0.05, 0.1) is 6.54 Å². The van der Waals surface area contributed by atoms with Gasteiger partial charge in [-0.1, -0.05) is 0 Å². The number of aromatic nitrogens is 2. The molecule has 0 unspecified atom stereocenters. The molecule has 3 aliphatic heterocycles. The molecule has 1 spiro atoms. The Bertz CT molecular complexity index is 715. The maximum absolute atomic E-state index is 13.0. The summed E-state index contributed by atoms with van der Waals surface area (Å²) in [7, 11) is 0. The molecule has 0 aliphatic carbocycles. The van der Waals surface area contributed by atoms with Gasteiger partial charge in [0.1, 0.15) is 11.4 Å². The van der Waals surface area contributed by atoms with Gasteiger partial charge in [0.2, 0.25) is 0 Å². The molecule has 2 saturated heterocycles. The van der Waals surface area contributed by atoms with E-state index in [2.05, 4.69) is 9.55 Å². The Balaban J connectivity index is 1.50. The highest BCUT2D eigenvalue weighted by atomic mass is 16.5. The molecule has 8 nitrogen and oxygen atoms in total. The van der Waals surface area contributed by atoms with Crippen molar-refractivity contribution in [3.05, 3.63) is 18.2 Å². The van der Waals surface area contributed by atoms with Gasteiger partial charge in [0, 0.05) is 64.5 Å². The monoisotopic (exact) mass is 389 g/mol. The molecule has 3 amide bonds. The zero-order valence-corrected chi connectivity index (χ0v) is 17.0. The highest BCUT2D eigenvalue weighted by Gasteiger charge is 2.48. The minimum atomic E-state index is -0.586. The second-order valence-electron chi connectivity index (χ2n) is 7.98. The molecule has 0 N–H and O–H groups in total. The third kappa shape index (κ3) is 3.27. The molecule has 3 aliphatic rings. The van der Waals surface area contributed by atoms with Crippen LogP contribution in [0.4, 0.5) is 4.79 Å². The summed E-state index contributed by atoms with van der Waals surface area (Å²) >= 11 is 0. The standard InChI is InChI=1S/C20H31N5O3/c1-3-22(4-2)17(26)16-15-25-14-9-21-18(25)20(28-16)7-12-24(13-8-20)19(27)23-10-5-6-11-23/h9,14,16H,3-8,10-13,15H2,1-2H3/t16-/m1/s1. The Morgan fingerprint density at radius 3 is 2.43 bits per heavy atom. The molecule has 0 radical (unpaired) electrons. The lowest BCUT2D eigenvalue weighted by atomic mass is 9.88. The summed E-state index contributed by atoms with van der Waals surface area (Å²) in [6, 6.07) is 0.141. The second-order valence-corrected chi connectivity index (χ2v) is 7.98. The van der Waals surface area contributed by atoms with Gasteiger partial charge in [-0.2, -0.15) is 0 Å². The summed E-state index contributed by atoms with van der Waals surface area (Å²) in [5.41, 5.74) is -0.586. The summed E-state index contributed by atoms with van der Waals surface area (Å²) in [5, 5.41) is 0. The first-order chi connectivity index (χ1) is 13.6.